The summed E-state index contributed by atoms with van der Waals surface area (Å²) >= 11 is 4.26. The first kappa shape index (κ1) is 15.4. The molecule has 0 unspecified atom stereocenters. The van der Waals surface area contributed by atoms with E-state index in [0.29, 0.717) is 4.90 Å². The van der Waals surface area contributed by atoms with Crippen molar-refractivity contribution in [3.05, 3.63) is 23.8 Å². The van der Waals surface area contributed by atoms with Crippen molar-refractivity contribution in [1.82, 2.24) is 0 Å². The molecule has 0 aliphatic rings. The van der Waals surface area contributed by atoms with Crippen molar-refractivity contribution in [1.29, 1.82) is 0 Å². The number of hydrogen-bond donors (Lipinski definition) is 0. The molecule has 0 radical (unpaired) electrons. The fourth-order valence-electron chi connectivity index (χ4n) is 1.38. The number of halogens is 4. The Morgan fingerprint density at radius 2 is 2.11 bits per heavy atom. The molecule has 0 bridgehead atoms. The SMILES string of the molecule is CSc1cccc(OC(F)(F)F)c1CC(=O)CBr. The lowest BCUT2D eigenvalue weighted by Crippen LogP contribution is -2.19. The van der Waals surface area contributed by atoms with Crippen LogP contribution in [0.3, 0.4) is 0 Å². The van der Waals surface area contributed by atoms with Crippen molar-refractivity contribution in [3.63, 3.8) is 0 Å². The number of alkyl halides is 4. The molecular weight excluding hydrogens is 333 g/mol. The van der Waals surface area contributed by atoms with E-state index in [1.54, 1.807) is 12.3 Å². The van der Waals surface area contributed by atoms with E-state index in [4.69, 9.17) is 0 Å². The van der Waals surface area contributed by atoms with Crippen LogP contribution >= 0.6 is 27.7 Å². The average Bonchev–Trinajstić information content (AvgIpc) is 2.29. The summed E-state index contributed by atoms with van der Waals surface area (Å²) in [5.41, 5.74) is 0.270. The molecular formula is C11H10BrF3O2S. The Morgan fingerprint density at radius 1 is 1.44 bits per heavy atom. The predicted molar refractivity (Wildman–Crippen MR) is 67.4 cm³/mol. The lowest BCUT2D eigenvalue weighted by Gasteiger charge is -2.15. The van der Waals surface area contributed by atoms with Crippen molar-refractivity contribution in [2.75, 3.05) is 11.6 Å². The molecule has 0 fully saturated rings. The van der Waals surface area contributed by atoms with Gasteiger partial charge < -0.3 is 4.74 Å². The first-order chi connectivity index (χ1) is 8.37. The molecule has 0 heterocycles. The van der Waals surface area contributed by atoms with Crippen LogP contribution in [0.15, 0.2) is 23.1 Å². The third-order valence-corrected chi connectivity index (χ3v) is 3.51. The quantitative estimate of drug-likeness (QED) is 0.601. The van der Waals surface area contributed by atoms with Crippen LogP contribution in [0.1, 0.15) is 5.56 Å². The number of carbonyl (C=O) groups excluding carboxylic acids is 1. The molecule has 18 heavy (non-hydrogen) atoms. The topological polar surface area (TPSA) is 26.3 Å². The zero-order valence-electron chi connectivity index (χ0n) is 9.38. The van der Waals surface area contributed by atoms with Gasteiger partial charge >= 0.3 is 6.36 Å². The van der Waals surface area contributed by atoms with Gasteiger partial charge in [-0.1, -0.05) is 22.0 Å². The van der Waals surface area contributed by atoms with E-state index in [1.807, 2.05) is 0 Å². The van der Waals surface area contributed by atoms with E-state index in [9.17, 15) is 18.0 Å². The number of ether oxygens (including phenoxy) is 1. The van der Waals surface area contributed by atoms with Gasteiger partial charge in [-0.2, -0.15) is 0 Å². The highest BCUT2D eigenvalue weighted by Crippen LogP contribution is 2.33. The van der Waals surface area contributed by atoms with E-state index in [1.165, 1.54) is 23.9 Å². The summed E-state index contributed by atoms with van der Waals surface area (Å²) in [5, 5.41) is 0.0984. The van der Waals surface area contributed by atoms with Crippen LogP contribution in [0.5, 0.6) is 5.75 Å². The van der Waals surface area contributed by atoms with Crippen molar-refractivity contribution in [3.8, 4) is 5.75 Å². The Morgan fingerprint density at radius 3 is 2.61 bits per heavy atom. The van der Waals surface area contributed by atoms with Crippen molar-refractivity contribution >= 4 is 33.5 Å². The van der Waals surface area contributed by atoms with E-state index in [0.717, 1.165) is 0 Å². The molecule has 0 aromatic heterocycles. The molecule has 100 valence electrons. The average molecular weight is 343 g/mol. The van der Waals surface area contributed by atoms with Gasteiger partial charge in [0.1, 0.15) is 11.5 Å². The van der Waals surface area contributed by atoms with E-state index in [2.05, 4.69) is 20.7 Å². The molecule has 0 spiro atoms. The van der Waals surface area contributed by atoms with Gasteiger partial charge in [-0.15, -0.1) is 24.9 Å². The molecule has 1 rings (SSSR count). The van der Waals surface area contributed by atoms with Gasteiger partial charge in [0.25, 0.3) is 0 Å². The number of benzene rings is 1. The third kappa shape index (κ3) is 4.53. The lowest BCUT2D eigenvalue weighted by molar-refractivity contribution is -0.275. The van der Waals surface area contributed by atoms with Crippen LogP contribution < -0.4 is 4.74 Å². The maximum atomic E-state index is 12.3. The molecule has 1 aromatic rings. The summed E-state index contributed by atoms with van der Waals surface area (Å²) in [6.45, 7) is 0. The van der Waals surface area contributed by atoms with Gasteiger partial charge in [0.2, 0.25) is 0 Å². The highest BCUT2D eigenvalue weighted by atomic mass is 79.9. The number of Topliss-reactive ketones (excluding diaryl/α,β-unsaturated/α-hetero) is 1. The summed E-state index contributed by atoms with van der Waals surface area (Å²) in [7, 11) is 0. The van der Waals surface area contributed by atoms with Gasteiger partial charge in [-0.25, -0.2) is 0 Å². The normalized spacial score (nSPS) is 11.4. The summed E-state index contributed by atoms with van der Waals surface area (Å²) in [4.78, 5) is 12.0. The van der Waals surface area contributed by atoms with Gasteiger partial charge in [0.15, 0.2) is 0 Å². The molecule has 0 saturated heterocycles. The second-order valence-corrected chi connectivity index (χ2v) is 4.74. The van der Waals surface area contributed by atoms with Crippen LogP contribution in [0.4, 0.5) is 13.2 Å². The Bertz CT molecular complexity index is 435. The number of carbonyl (C=O) groups is 1. The molecule has 1 aromatic carbocycles. The van der Waals surface area contributed by atoms with Crippen LogP contribution in [-0.2, 0) is 11.2 Å². The maximum absolute atomic E-state index is 12.3. The summed E-state index contributed by atoms with van der Waals surface area (Å²) in [6.07, 6.45) is -3.12. The zero-order valence-corrected chi connectivity index (χ0v) is 11.8. The van der Waals surface area contributed by atoms with Crippen LogP contribution in [0.2, 0.25) is 0 Å². The van der Waals surface area contributed by atoms with Crippen LogP contribution in [0.25, 0.3) is 0 Å². The van der Waals surface area contributed by atoms with E-state index < -0.39 is 6.36 Å². The standard InChI is InChI=1S/C11H10BrF3O2S/c1-18-10-4-2-3-9(17-11(13,14)15)8(10)5-7(16)6-12/h2-4H,5-6H2,1H3. The molecule has 2 nitrogen and oxygen atoms in total. The van der Waals surface area contributed by atoms with Crippen LogP contribution in [-0.4, -0.2) is 23.7 Å². The number of thioether (sulfide) groups is 1. The van der Waals surface area contributed by atoms with Crippen molar-refractivity contribution in [2.24, 2.45) is 0 Å². The minimum absolute atomic E-state index is 0.0896. The molecule has 0 aliphatic carbocycles. The van der Waals surface area contributed by atoms with E-state index >= 15 is 0 Å². The molecule has 0 amide bonds. The minimum atomic E-state index is -4.76. The fraction of sp³-hybridized carbons (Fsp3) is 0.364. The fourth-order valence-corrected chi connectivity index (χ4v) is 2.21. The Hall–Kier alpha value is -0.690. The van der Waals surface area contributed by atoms with Crippen LogP contribution in [0, 0.1) is 0 Å². The maximum Gasteiger partial charge on any atom is 0.573 e. The monoisotopic (exact) mass is 342 g/mol. The molecule has 0 atom stereocenters. The Balaban J connectivity index is 3.12. The first-order valence-electron chi connectivity index (χ1n) is 4.86. The van der Waals surface area contributed by atoms with Gasteiger partial charge in [0.05, 0.1) is 5.33 Å². The molecule has 0 saturated carbocycles. The third-order valence-electron chi connectivity index (χ3n) is 2.06. The smallest absolute Gasteiger partial charge is 0.405 e. The summed E-state index contributed by atoms with van der Waals surface area (Å²) < 4.78 is 40.7. The van der Waals surface area contributed by atoms with Gasteiger partial charge in [0, 0.05) is 16.9 Å². The Labute approximate surface area is 115 Å². The lowest BCUT2D eigenvalue weighted by atomic mass is 10.1. The first-order valence-corrected chi connectivity index (χ1v) is 7.21. The molecule has 7 heteroatoms. The van der Waals surface area contributed by atoms with Gasteiger partial charge in [-0.05, 0) is 18.4 Å². The second kappa shape index (κ2) is 6.47. The summed E-state index contributed by atoms with van der Waals surface area (Å²) in [6, 6.07) is 4.34. The minimum Gasteiger partial charge on any atom is -0.405 e. The highest BCUT2D eigenvalue weighted by Gasteiger charge is 2.32. The summed E-state index contributed by atoms with van der Waals surface area (Å²) in [5.74, 6) is -0.521. The van der Waals surface area contributed by atoms with Gasteiger partial charge in [-0.3, -0.25) is 4.79 Å². The largest absolute Gasteiger partial charge is 0.573 e. The van der Waals surface area contributed by atoms with Crippen molar-refractivity contribution < 1.29 is 22.7 Å². The number of rotatable bonds is 5. The Kier molecular flexibility index (Phi) is 5.52. The predicted octanol–water partition coefficient (Wildman–Crippen LogP) is 3.81. The van der Waals surface area contributed by atoms with E-state index in [-0.39, 0.29) is 28.8 Å². The van der Waals surface area contributed by atoms with Crippen molar-refractivity contribution in [2.45, 2.75) is 17.7 Å². The number of ketones is 1. The molecule has 0 N–H and O–H groups in total. The number of hydrogen-bond acceptors (Lipinski definition) is 3. The zero-order chi connectivity index (χ0) is 13.8. The highest BCUT2D eigenvalue weighted by molar-refractivity contribution is 9.09. The molecule has 0 aliphatic heterocycles. The second-order valence-electron chi connectivity index (χ2n) is 3.33.